The predicted octanol–water partition coefficient (Wildman–Crippen LogP) is 2.28. The van der Waals surface area contributed by atoms with Crippen molar-refractivity contribution in [1.82, 2.24) is 10.6 Å². The van der Waals surface area contributed by atoms with Crippen LogP contribution in [0.4, 0.5) is 4.79 Å². The van der Waals surface area contributed by atoms with Crippen molar-refractivity contribution in [1.29, 1.82) is 0 Å². The maximum absolute atomic E-state index is 11.6. The van der Waals surface area contributed by atoms with Crippen LogP contribution in [-0.2, 0) is 9.59 Å². The van der Waals surface area contributed by atoms with Gasteiger partial charge in [0.15, 0.2) is 0 Å². The number of aliphatic carboxylic acids is 1. The summed E-state index contributed by atoms with van der Waals surface area (Å²) in [6.45, 7) is 2.87. The maximum atomic E-state index is 11.6. The average Bonchev–Trinajstić information content (AvgIpc) is 2.43. The number of carboxylic acid groups (broad SMARTS) is 1. The molecule has 0 bridgehead atoms. The topological polar surface area (TPSA) is 95.5 Å². The third-order valence-corrected chi connectivity index (χ3v) is 3.98. The van der Waals surface area contributed by atoms with E-state index in [0.29, 0.717) is 25.3 Å². The number of carbonyl (C=O) groups excluding carboxylic acids is 2. The first kappa shape index (κ1) is 17.5. The number of hydrogen-bond acceptors (Lipinski definition) is 3. The molecule has 21 heavy (non-hydrogen) atoms. The van der Waals surface area contributed by atoms with Crippen LogP contribution >= 0.6 is 0 Å². The SMILES string of the molecule is CC1CCC(CNC(=O)NC(=O)CCCCC(=O)O)CC1. The second kappa shape index (κ2) is 9.37. The number of amides is 3. The summed E-state index contributed by atoms with van der Waals surface area (Å²) in [4.78, 5) is 33.3. The first-order valence-electron chi connectivity index (χ1n) is 7.77. The zero-order valence-corrected chi connectivity index (χ0v) is 12.7. The van der Waals surface area contributed by atoms with Crippen molar-refractivity contribution in [3.05, 3.63) is 0 Å². The van der Waals surface area contributed by atoms with Gasteiger partial charge in [-0.05, 0) is 37.5 Å². The Morgan fingerprint density at radius 2 is 1.67 bits per heavy atom. The first-order chi connectivity index (χ1) is 9.97. The molecule has 1 rings (SSSR count). The summed E-state index contributed by atoms with van der Waals surface area (Å²) in [5, 5.41) is 13.5. The van der Waals surface area contributed by atoms with Crippen LogP contribution in [0.2, 0.25) is 0 Å². The number of nitrogens with one attached hydrogen (secondary N) is 2. The monoisotopic (exact) mass is 298 g/mol. The molecule has 0 aromatic heterocycles. The Labute approximate surface area is 125 Å². The molecule has 0 heterocycles. The van der Waals surface area contributed by atoms with Gasteiger partial charge in [0.25, 0.3) is 0 Å². The first-order valence-corrected chi connectivity index (χ1v) is 7.77. The summed E-state index contributed by atoms with van der Waals surface area (Å²) in [5.41, 5.74) is 0. The molecule has 6 nitrogen and oxygen atoms in total. The summed E-state index contributed by atoms with van der Waals surface area (Å²) in [7, 11) is 0. The molecule has 0 spiro atoms. The lowest BCUT2D eigenvalue weighted by molar-refractivity contribution is -0.137. The second-order valence-electron chi connectivity index (χ2n) is 5.98. The number of urea groups is 1. The zero-order chi connectivity index (χ0) is 15.7. The molecule has 0 radical (unpaired) electrons. The normalized spacial score (nSPS) is 21.6. The lowest BCUT2D eigenvalue weighted by Gasteiger charge is -2.26. The molecule has 3 N–H and O–H groups in total. The van der Waals surface area contributed by atoms with E-state index in [0.717, 1.165) is 18.8 Å². The van der Waals surface area contributed by atoms with Crippen molar-refractivity contribution in [2.75, 3.05) is 6.54 Å². The van der Waals surface area contributed by atoms with E-state index in [4.69, 9.17) is 5.11 Å². The summed E-state index contributed by atoms with van der Waals surface area (Å²) in [5.74, 6) is 0.0742. The van der Waals surface area contributed by atoms with Crippen LogP contribution in [0.25, 0.3) is 0 Å². The van der Waals surface area contributed by atoms with Gasteiger partial charge in [-0.2, -0.15) is 0 Å². The highest BCUT2D eigenvalue weighted by Gasteiger charge is 2.18. The number of rotatable bonds is 7. The van der Waals surface area contributed by atoms with Crippen molar-refractivity contribution in [3.63, 3.8) is 0 Å². The average molecular weight is 298 g/mol. The molecule has 0 aliphatic heterocycles. The van der Waals surface area contributed by atoms with Crippen LogP contribution in [0.1, 0.15) is 58.3 Å². The minimum atomic E-state index is -0.866. The second-order valence-corrected chi connectivity index (χ2v) is 5.98. The highest BCUT2D eigenvalue weighted by atomic mass is 16.4. The Kier molecular flexibility index (Phi) is 7.79. The van der Waals surface area contributed by atoms with Gasteiger partial charge in [-0.15, -0.1) is 0 Å². The molecule has 0 atom stereocenters. The molecule has 3 amide bonds. The molecule has 0 unspecified atom stereocenters. The number of imide groups is 1. The Hall–Kier alpha value is -1.59. The van der Waals surface area contributed by atoms with Crippen molar-refractivity contribution >= 4 is 17.9 Å². The van der Waals surface area contributed by atoms with E-state index in [2.05, 4.69) is 17.6 Å². The standard InChI is InChI=1S/C15H26N2O4/c1-11-6-8-12(9-7-11)10-16-15(21)17-13(18)4-2-3-5-14(19)20/h11-12H,2-10H2,1H3,(H,19,20)(H2,16,17,18,21). The molecular weight excluding hydrogens is 272 g/mol. The molecule has 6 heteroatoms. The lowest BCUT2D eigenvalue weighted by atomic mass is 9.83. The van der Waals surface area contributed by atoms with Gasteiger partial charge in [-0.25, -0.2) is 4.79 Å². The van der Waals surface area contributed by atoms with Crippen molar-refractivity contribution in [2.24, 2.45) is 11.8 Å². The van der Waals surface area contributed by atoms with Crippen LogP contribution in [0, 0.1) is 11.8 Å². The van der Waals surface area contributed by atoms with Crippen molar-refractivity contribution < 1.29 is 19.5 Å². The number of carbonyl (C=O) groups is 3. The molecule has 0 aromatic carbocycles. The summed E-state index contributed by atoms with van der Waals surface area (Å²) < 4.78 is 0. The predicted molar refractivity (Wildman–Crippen MR) is 78.8 cm³/mol. The van der Waals surface area contributed by atoms with Gasteiger partial charge in [0.1, 0.15) is 0 Å². The molecule has 1 saturated carbocycles. The fourth-order valence-corrected chi connectivity index (χ4v) is 2.57. The minimum absolute atomic E-state index is 0.0551. The fourth-order valence-electron chi connectivity index (χ4n) is 2.57. The molecular formula is C15H26N2O4. The van der Waals surface area contributed by atoms with E-state index < -0.39 is 12.0 Å². The molecule has 1 aliphatic rings. The van der Waals surface area contributed by atoms with Crippen molar-refractivity contribution in [3.8, 4) is 0 Å². The molecule has 120 valence electrons. The number of carboxylic acids is 1. The largest absolute Gasteiger partial charge is 0.481 e. The van der Waals surface area contributed by atoms with E-state index >= 15 is 0 Å². The fraction of sp³-hybridized carbons (Fsp3) is 0.800. The van der Waals surface area contributed by atoms with E-state index in [1.807, 2.05) is 0 Å². The van der Waals surface area contributed by atoms with Gasteiger partial charge in [-0.3, -0.25) is 14.9 Å². The summed E-state index contributed by atoms with van der Waals surface area (Å²) in [6, 6.07) is -0.447. The van der Waals surface area contributed by atoms with Gasteiger partial charge < -0.3 is 10.4 Å². The third kappa shape index (κ3) is 8.32. The van der Waals surface area contributed by atoms with E-state index in [1.165, 1.54) is 12.8 Å². The highest BCUT2D eigenvalue weighted by Crippen LogP contribution is 2.27. The third-order valence-electron chi connectivity index (χ3n) is 3.98. The van der Waals surface area contributed by atoms with Crippen LogP contribution in [0.15, 0.2) is 0 Å². The van der Waals surface area contributed by atoms with Gasteiger partial charge in [0.05, 0.1) is 0 Å². The van der Waals surface area contributed by atoms with Crippen LogP contribution < -0.4 is 10.6 Å². The van der Waals surface area contributed by atoms with Gasteiger partial charge in [0, 0.05) is 19.4 Å². The minimum Gasteiger partial charge on any atom is -0.481 e. The van der Waals surface area contributed by atoms with Crippen LogP contribution in [0.3, 0.4) is 0 Å². The Morgan fingerprint density at radius 3 is 2.29 bits per heavy atom. The molecule has 1 aliphatic carbocycles. The Morgan fingerprint density at radius 1 is 1.05 bits per heavy atom. The smallest absolute Gasteiger partial charge is 0.321 e. The lowest BCUT2D eigenvalue weighted by Crippen LogP contribution is -2.41. The summed E-state index contributed by atoms with van der Waals surface area (Å²) >= 11 is 0. The highest BCUT2D eigenvalue weighted by molar-refractivity contribution is 5.94. The Bertz CT molecular complexity index is 363. The molecule has 0 aromatic rings. The van der Waals surface area contributed by atoms with Gasteiger partial charge in [-0.1, -0.05) is 19.8 Å². The summed E-state index contributed by atoms with van der Waals surface area (Å²) in [6.07, 6.45) is 5.83. The van der Waals surface area contributed by atoms with Crippen LogP contribution in [0.5, 0.6) is 0 Å². The number of hydrogen-bond donors (Lipinski definition) is 3. The van der Waals surface area contributed by atoms with E-state index in [9.17, 15) is 14.4 Å². The van der Waals surface area contributed by atoms with Gasteiger partial charge in [0.2, 0.25) is 5.91 Å². The molecule has 1 fully saturated rings. The van der Waals surface area contributed by atoms with E-state index in [1.54, 1.807) is 0 Å². The maximum Gasteiger partial charge on any atom is 0.321 e. The van der Waals surface area contributed by atoms with Crippen LogP contribution in [-0.4, -0.2) is 29.6 Å². The zero-order valence-electron chi connectivity index (χ0n) is 12.7. The van der Waals surface area contributed by atoms with E-state index in [-0.39, 0.29) is 18.7 Å². The number of unbranched alkanes of at least 4 members (excludes halogenated alkanes) is 1. The quantitative estimate of drug-likeness (QED) is 0.628. The molecule has 0 saturated heterocycles. The Balaban J connectivity index is 2.07. The van der Waals surface area contributed by atoms with Gasteiger partial charge >= 0.3 is 12.0 Å². The van der Waals surface area contributed by atoms with Crippen molar-refractivity contribution in [2.45, 2.75) is 58.3 Å².